The number of aliphatic hydroxyl groups is 12. The van der Waals surface area contributed by atoms with E-state index < -0.39 is 143 Å². The number of hydrogen-bond donors (Lipinski definition) is 12. The molecule has 12 N–H and O–H groups in total. The fraction of sp³-hybridized carbons (Fsp3) is 1.00. The largest absolute Gasteiger partial charge is 0.388 e. The number of rotatable bonds is 8. The fourth-order valence-corrected chi connectivity index (χ4v) is 5.51. The first-order valence-electron chi connectivity index (χ1n) is 14.6. The molecule has 0 radical (unpaired) electrons. The van der Waals surface area contributed by atoms with Crippen LogP contribution < -0.4 is 0 Å². The molecular formula is C25H42O21. The first-order chi connectivity index (χ1) is 21.8. The summed E-state index contributed by atoms with van der Waals surface area (Å²) in [6.07, 6.45) is -30.9. The summed E-state index contributed by atoms with van der Waals surface area (Å²) in [5.41, 5.74) is 0. The van der Waals surface area contributed by atoms with Crippen LogP contribution in [-0.4, -0.2) is 217 Å². The van der Waals surface area contributed by atoms with Gasteiger partial charge in [-0.25, -0.2) is 0 Å². The Bertz CT molecular complexity index is 891. The summed E-state index contributed by atoms with van der Waals surface area (Å²) < 4.78 is 48.2. The molecule has 0 spiro atoms. The van der Waals surface area contributed by atoms with E-state index in [-0.39, 0.29) is 13.2 Å². The Morgan fingerprint density at radius 3 is 0.957 bits per heavy atom. The summed E-state index contributed by atoms with van der Waals surface area (Å²) >= 11 is 0. The van der Waals surface area contributed by atoms with E-state index in [1.54, 1.807) is 0 Å². The van der Waals surface area contributed by atoms with Gasteiger partial charge in [0.1, 0.15) is 91.6 Å². The Morgan fingerprint density at radius 2 is 0.587 bits per heavy atom. The highest BCUT2D eigenvalue weighted by Crippen LogP contribution is 2.30. The van der Waals surface area contributed by atoms with E-state index in [2.05, 4.69) is 0 Å². The lowest BCUT2D eigenvalue weighted by Gasteiger charge is -2.45. The van der Waals surface area contributed by atoms with Crippen molar-refractivity contribution in [2.75, 3.05) is 33.0 Å². The Labute approximate surface area is 260 Å². The number of ether oxygens (including phenoxy) is 9. The van der Waals surface area contributed by atoms with Crippen LogP contribution >= 0.6 is 0 Å². The third-order valence-corrected chi connectivity index (χ3v) is 8.45. The highest BCUT2D eigenvalue weighted by Gasteiger charge is 2.50. The van der Waals surface area contributed by atoms with E-state index in [4.69, 9.17) is 42.6 Å². The van der Waals surface area contributed by atoms with Crippen LogP contribution in [0.4, 0.5) is 0 Å². The van der Waals surface area contributed by atoms with Crippen LogP contribution in [0.15, 0.2) is 0 Å². The van der Waals surface area contributed by atoms with Gasteiger partial charge in [-0.05, 0) is 0 Å². The maximum atomic E-state index is 10.7. The standard InChI is InChI=1S/C25H42O21/c26-6-1-39-22(17(33)11(6)27)44-8-3-41-24(19(35)13(8)29)46-10-5-42-25(20(36)15(10)31)45-9-4-40-23(18(34)14(9)30)43-7-2-38-21(37)16(32)12(7)28/h6-37H,1-5H2/t6-,7-,8?,9-,10-,11+,12+,13+,14+,15+,16-,17-,18-,19-,20-,21?,22+,23+,24+,25+/m1/s1. The van der Waals surface area contributed by atoms with E-state index in [0.717, 1.165) is 0 Å². The normalized spacial score (nSPS) is 54.0. The molecule has 5 fully saturated rings. The SMILES string of the molecule is OC1OC[C@@H](O[C@@H]2OC[C@@H](O[C@@H]3OC[C@@H](O[C@@H]4OCC(O[C@@H]5OC[C@@H](O)[C@H](O)[C@H]5O)[C@H](O)[C@H]4O)[C@H](O)[C@H]3O)[C@H](O)[C@H]2O)[C@H](O)[C@H]1O. The molecule has 0 saturated carbocycles. The minimum absolute atomic E-state index is 0.349. The molecule has 5 saturated heterocycles. The molecule has 5 heterocycles. The molecule has 21 nitrogen and oxygen atoms in total. The summed E-state index contributed by atoms with van der Waals surface area (Å²) in [6, 6.07) is 0. The van der Waals surface area contributed by atoms with Crippen molar-refractivity contribution in [3.63, 3.8) is 0 Å². The maximum Gasteiger partial charge on any atom is 0.186 e. The molecule has 0 aliphatic carbocycles. The summed E-state index contributed by atoms with van der Waals surface area (Å²) in [7, 11) is 0. The molecule has 0 amide bonds. The highest BCUT2D eigenvalue weighted by atomic mass is 16.8. The first-order valence-corrected chi connectivity index (χ1v) is 14.6. The van der Waals surface area contributed by atoms with E-state index in [1.165, 1.54) is 0 Å². The van der Waals surface area contributed by atoms with Crippen molar-refractivity contribution in [3.05, 3.63) is 0 Å². The van der Waals surface area contributed by atoms with Gasteiger partial charge in [0.05, 0.1) is 33.0 Å². The van der Waals surface area contributed by atoms with Crippen molar-refractivity contribution in [1.29, 1.82) is 0 Å². The molecule has 0 aromatic rings. The molecular weight excluding hydrogens is 636 g/mol. The Hall–Kier alpha value is -0.840. The monoisotopic (exact) mass is 678 g/mol. The lowest BCUT2D eigenvalue weighted by molar-refractivity contribution is -0.362. The van der Waals surface area contributed by atoms with Gasteiger partial charge in [-0.1, -0.05) is 0 Å². The van der Waals surface area contributed by atoms with Crippen molar-refractivity contribution >= 4 is 0 Å². The average Bonchev–Trinajstić information content (AvgIpc) is 3.03. The van der Waals surface area contributed by atoms with Crippen LogP contribution in [0.1, 0.15) is 0 Å². The van der Waals surface area contributed by atoms with Crippen molar-refractivity contribution in [1.82, 2.24) is 0 Å². The summed E-state index contributed by atoms with van der Waals surface area (Å²) in [5, 5.41) is 122. The van der Waals surface area contributed by atoms with Gasteiger partial charge < -0.3 is 104 Å². The lowest BCUT2D eigenvalue weighted by Crippen LogP contribution is -2.63. The molecule has 5 aliphatic rings. The average molecular weight is 679 g/mol. The van der Waals surface area contributed by atoms with Crippen molar-refractivity contribution < 1.29 is 104 Å². The molecule has 5 aliphatic heterocycles. The third kappa shape index (κ3) is 7.65. The first kappa shape index (κ1) is 36.4. The van der Waals surface area contributed by atoms with Gasteiger partial charge in [-0.2, -0.15) is 0 Å². The molecule has 21 heteroatoms. The van der Waals surface area contributed by atoms with Crippen LogP contribution in [0, 0.1) is 0 Å². The van der Waals surface area contributed by atoms with Crippen LogP contribution in [0.3, 0.4) is 0 Å². The van der Waals surface area contributed by atoms with Crippen LogP contribution in [0.25, 0.3) is 0 Å². The van der Waals surface area contributed by atoms with E-state index in [1.807, 2.05) is 0 Å². The minimum atomic E-state index is -1.78. The number of hydrogen-bond acceptors (Lipinski definition) is 21. The van der Waals surface area contributed by atoms with Gasteiger partial charge in [0.2, 0.25) is 0 Å². The molecule has 5 rings (SSSR count). The quantitative estimate of drug-likeness (QED) is 0.113. The zero-order valence-electron chi connectivity index (χ0n) is 24.1. The zero-order chi connectivity index (χ0) is 33.4. The number of aliphatic hydroxyl groups excluding tert-OH is 12. The van der Waals surface area contributed by atoms with Gasteiger partial charge in [0, 0.05) is 0 Å². The second kappa shape index (κ2) is 15.4. The summed E-state index contributed by atoms with van der Waals surface area (Å²) in [6.45, 7) is -1.94. The maximum absolute atomic E-state index is 10.7. The Morgan fingerprint density at radius 1 is 0.304 bits per heavy atom. The Kier molecular flexibility index (Phi) is 12.2. The van der Waals surface area contributed by atoms with E-state index in [0.29, 0.717) is 0 Å². The van der Waals surface area contributed by atoms with Gasteiger partial charge in [0.25, 0.3) is 0 Å². The van der Waals surface area contributed by atoms with Gasteiger partial charge in [0.15, 0.2) is 31.5 Å². The fourth-order valence-electron chi connectivity index (χ4n) is 5.51. The smallest absolute Gasteiger partial charge is 0.186 e. The van der Waals surface area contributed by atoms with Crippen LogP contribution in [-0.2, 0) is 42.6 Å². The molecule has 46 heavy (non-hydrogen) atoms. The molecule has 0 aromatic carbocycles. The van der Waals surface area contributed by atoms with Crippen molar-refractivity contribution in [2.24, 2.45) is 0 Å². The third-order valence-electron chi connectivity index (χ3n) is 8.45. The minimum Gasteiger partial charge on any atom is -0.388 e. The van der Waals surface area contributed by atoms with Crippen LogP contribution in [0.2, 0.25) is 0 Å². The Balaban J connectivity index is 1.08. The van der Waals surface area contributed by atoms with Gasteiger partial charge >= 0.3 is 0 Å². The summed E-state index contributed by atoms with van der Waals surface area (Å²) in [5.74, 6) is 0. The van der Waals surface area contributed by atoms with E-state index in [9.17, 15) is 61.3 Å². The molecule has 0 aromatic heterocycles. The predicted molar refractivity (Wildman–Crippen MR) is 136 cm³/mol. The van der Waals surface area contributed by atoms with E-state index >= 15 is 0 Å². The lowest BCUT2D eigenvalue weighted by atomic mass is 10.0. The highest BCUT2D eigenvalue weighted by molar-refractivity contribution is 4.92. The zero-order valence-corrected chi connectivity index (χ0v) is 24.1. The molecule has 20 atom stereocenters. The van der Waals surface area contributed by atoms with Crippen molar-refractivity contribution in [3.8, 4) is 0 Å². The molecule has 0 bridgehead atoms. The molecule has 2 unspecified atom stereocenters. The predicted octanol–water partition coefficient (Wildman–Crippen LogP) is -8.73. The topological polar surface area (TPSA) is 326 Å². The van der Waals surface area contributed by atoms with Gasteiger partial charge in [-0.3, -0.25) is 0 Å². The second-order valence-corrected chi connectivity index (χ2v) is 11.7. The second-order valence-electron chi connectivity index (χ2n) is 11.7. The van der Waals surface area contributed by atoms with Gasteiger partial charge in [-0.15, -0.1) is 0 Å². The summed E-state index contributed by atoms with van der Waals surface area (Å²) in [4.78, 5) is 0. The molecule has 268 valence electrons. The van der Waals surface area contributed by atoms with Crippen LogP contribution in [0.5, 0.6) is 0 Å². The van der Waals surface area contributed by atoms with Crippen molar-refractivity contribution in [2.45, 2.75) is 123 Å².